The molecule has 2 aliphatic rings. The molecule has 8 heteroatoms. The van der Waals surface area contributed by atoms with E-state index in [-0.39, 0.29) is 55.0 Å². The number of carbonyl (C=O) groups is 3. The van der Waals surface area contributed by atoms with E-state index in [1.54, 1.807) is 14.1 Å². The number of esters is 2. The second kappa shape index (κ2) is 17.1. The molecule has 4 atom stereocenters. The van der Waals surface area contributed by atoms with Crippen molar-refractivity contribution >= 4 is 17.8 Å². The lowest BCUT2D eigenvalue weighted by Crippen LogP contribution is -2.48. The zero-order valence-electron chi connectivity index (χ0n) is 26.5. The summed E-state index contributed by atoms with van der Waals surface area (Å²) in [5, 5.41) is 0. The van der Waals surface area contributed by atoms with Gasteiger partial charge < -0.3 is 19.1 Å². The Labute approximate surface area is 262 Å². The molecule has 1 saturated heterocycles. The fourth-order valence-electron chi connectivity index (χ4n) is 6.34. The molecule has 1 aliphatic heterocycles. The van der Waals surface area contributed by atoms with Gasteiger partial charge in [0.05, 0.1) is 18.8 Å². The van der Waals surface area contributed by atoms with Gasteiger partial charge in [0.25, 0.3) is 5.91 Å². The third kappa shape index (κ3) is 10.0. The number of nitrogens with zero attached hydrogens (tertiary/aromatic N) is 2. The Kier molecular flexibility index (Phi) is 13.0. The molecule has 1 aliphatic carbocycles. The highest BCUT2D eigenvalue weighted by atomic mass is 16.6. The molecule has 0 radical (unpaired) electrons. The molecule has 0 N–H and O–H groups in total. The second-order valence-corrected chi connectivity index (χ2v) is 12.1. The molecular weight excluding hydrogens is 556 g/mol. The number of piperidine rings is 1. The smallest absolute Gasteiger partial charge is 0.306 e. The van der Waals surface area contributed by atoms with Gasteiger partial charge in [0.2, 0.25) is 0 Å². The standard InChI is InChI=1S/C36H48N2O6/c1-27(39)44-33-24-32(42-25-28-18-20-30(21-19-28)29-14-8-6-9-15-29)31(36(33)38-22-12-7-13-23-38)16-10-4-5-11-17-35(41)43-26-34(40)37(2)3/h4-6,8-9,14-15,18-21,31-33,36H,7,10-13,16-17,22-26H2,1-3H3/b5-4-/t31-,32-,33-,36+/m0/s1. The molecular formula is C36H48N2O6. The molecule has 2 aromatic rings. The van der Waals surface area contributed by atoms with Gasteiger partial charge in [-0.1, -0.05) is 73.2 Å². The summed E-state index contributed by atoms with van der Waals surface area (Å²) in [6.45, 7) is 3.80. The molecule has 238 valence electrons. The normalized spacial score (nSPS) is 22.2. The first kappa shape index (κ1) is 33.4. The van der Waals surface area contributed by atoms with Crippen LogP contribution < -0.4 is 0 Å². The molecule has 2 fully saturated rings. The molecule has 2 aromatic carbocycles. The number of hydrogen-bond donors (Lipinski definition) is 0. The van der Waals surface area contributed by atoms with E-state index in [2.05, 4.69) is 47.4 Å². The van der Waals surface area contributed by atoms with Gasteiger partial charge in [-0.15, -0.1) is 0 Å². The Hall–Kier alpha value is -3.49. The fourth-order valence-corrected chi connectivity index (χ4v) is 6.34. The number of benzene rings is 2. The summed E-state index contributed by atoms with van der Waals surface area (Å²) in [5.74, 6) is -0.637. The summed E-state index contributed by atoms with van der Waals surface area (Å²) < 4.78 is 17.6. The van der Waals surface area contributed by atoms with E-state index < -0.39 is 0 Å². The van der Waals surface area contributed by atoms with Crippen molar-refractivity contribution < 1.29 is 28.6 Å². The first-order chi connectivity index (χ1) is 21.3. The molecule has 1 amide bonds. The van der Waals surface area contributed by atoms with Crippen LogP contribution in [0.4, 0.5) is 0 Å². The zero-order valence-corrected chi connectivity index (χ0v) is 26.5. The van der Waals surface area contributed by atoms with Crippen LogP contribution in [0.2, 0.25) is 0 Å². The zero-order chi connectivity index (χ0) is 31.3. The van der Waals surface area contributed by atoms with Crippen molar-refractivity contribution in [1.82, 2.24) is 9.80 Å². The average Bonchev–Trinajstić information content (AvgIpc) is 3.37. The number of allylic oxidation sites excluding steroid dienone is 2. The van der Waals surface area contributed by atoms with Crippen molar-refractivity contribution in [1.29, 1.82) is 0 Å². The van der Waals surface area contributed by atoms with Gasteiger partial charge >= 0.3 is 11.9 Å². The molecule has 1 saturated carbocycles. The Morgan fingerprint density at radius 1 is 0.886 bits per heavy atom. The third-order valence-electron chi connectivity index (χ3n) is 8.62. The first-order valence-corrected chi connectivity index (χ1v) is 16.0. The molecule has 0 unspecified atom stereocenters. The highest BCUT2D eigenvalue weighted by molar-refractivity contribution is 5.80. The van der Waals surface area contributed by atoms with Crippen LogP contribution in [-0.2, 0) is 35.2 Å². The molecule has 1 heterocycles. The van der Waals surface area contributed by atoms with Crippen LogP contribution >= 0.6 is 0 Å². The summed E-state index contributed by atoms with van der Waals surface area (Å²) in [5.41, 5.74) is 3.48. The predicted molar refractivity (Wildman–Crippen MR) is 171 cm³/mol. The van der Waals surface area contributed by atoms with E-state index in [1.165, 1.54) is 29.4 Å². The van der Waals surface area contributed by atoms with Gasteiger partial charge in [-0.2, -0.15) is 0 Å². The van der Waals surface area contributed by atoms with Gasteiger partial charge in [0.1, 0.15) is 6.10 Å². The summed E-state index contributed by atoms with van der Waals surface area (Å²) in [4.78, 5) is 39.7. The molecule has 0 spiro atoms. The van der Waals surface area contributed by atoms with Crippen LogP contribution in [0.25, 0.3) is 11.1 Å². The molecule has 0 bridgehead atoms. The number of hydrogen-bond acceptors (Lipinski definition) is 7. The lowest BCUT2D eigenvalue weighted by molar-refractivity contribution is -0.151. The Morgan fingerprint density at radius 3 is 2.25 bits per heavy atom. The summed E-state index contributed by atoms with van der Waals surface area (Å²) in [7, 11) is 3.26. The average molecular weight is 605 g/mol. The van der Waals surface area contributed by atoms with Gasteiger partial charge in [-0.25, -0.2) is 0 Å². The van der Waals surface area contributed by atoms with Crippen LogP contribution in [0.15, 0.2) is 66.7 Å². The first-order valence-electron chi connectivity index (χ1n) is 16.0. The maximum atomic E-state index is 12.1. The van der Waals surface area contributed by atoms with E-state index in [0.717, 1.165) is 44.3 Å². The number of amides is 1. The quantitative estimate of drug-likeness (QED) is 0.199. The van der Waals surface area contributed by atoms with Crippen LogP contribution in [0, 0.1) is 5.92 Å². The second-order valence-electron chi connectivity index (χ2n) is 12.1. The van der Waals surface area contributed by atoms with Crippen LogP contribution in [0.3, 0.4) is 0 Å². The predicted octanol–water partition coefficient (Wildman–Crippen LogP) is 5.79. The maximum absolute atomic E-state index is 12.1. The fraction of sp³-hybridized carbons (Fsp3) is 0.528. The van der Waals surface area contributed by atoms with Crippen LogP contribution in [0.1, 0.15) is 63.9 Å². The van der Waals surface area contributed by atoms with Gasteiger partial charge in [0, 0.05) is 39.8 Å². The van der Waals surface area contributed by atoms with Crippen LogP contribution in [-0.4, -0.2) is 79.7 Å². The van der Waals surface area contributed by atoms with Crippen molar-refractivity contribution in [3.63, 3.8) is 0 Å². The molecule has 8 nitrogen and oxygen atoms in total. The molecule has 4 rings (SSSR count). The maximum Gasteiger partial charge on any atom is 0.306 e. The van der Waals surface area contributed by atoms with E-state index >= 15 is 0 Å². The number of likely N-dealkylation sites (N-methyl/N-ethyl adjacent to an activating group) is 1. The lowest BCUT2D eigenvalue weighted by atomic mass is 9.92. The van der Waals surface area contributed by atoms with Crippen molar-refractivity contribution in [3.8, 4) is 11.1 Å². The lowest BCUT2D eigenvalue weighted by Gasteiger charge is -2.38. The van der Waals surface area contributed by atoms with Crippen LogP contribution in [0.5, 0.6) is 0 Å². The Balaban J connectivity index is 1.37. The van der Waals surface area contributed by atoms with Crippen molar-refractivity contribution in [2.75, 3.05) is 33.8 Å². The molecule has 44 heavy (non-hydrogen) atoms. The summed E-state index contributed by atoms with van der Waals surface area (Å²) in [6, 6.07) is 19.0. The van der Waals surface area contributed by atoms with E-state index in [0.29, 0.717) is 19.4 Å². The number of likely N-dealkylation sites (tertiary alicyclic amines) is 1. The van der Waals surface area contributed by atoms with Crippen molar-refractivity contribution in [2.45, 2.75) is 83.1 Å². The van der Waals surface area contributed by atoms with Gasteiger partial charge in [-0.05, 0) is 61.9 Å². The van der Waals surface area contributed by atoms with Crippen molar-refractivity contribution in [2.24, 2.45) is 5.92 Å². The number of ether oxygens (including phenoxy) is 3. The summed E-state index contributed by atoms with van der Waals surface area (Å²) in [6.07, 6.45) is 10.7. The third-order valence-corrected chi connectivity index (χ3v) is 8.62. The minimum Gasteiger partial charge on any atom is -0.461 e. The van der Waals surface area contributed by atoms with E-state index in [4.69, 9.17) is 14.2 Å². The van der Waals surface area contributed by atoms with Gasteiger partial charge in [0.15, 0.2) is 6.61 Å². The SMILES string of the molecule is CC(=O)O[C@H]1C[C@H](OCc2ccc(-c3ccccc3)cc2)[C@H](CC/C=C\CCC(=O)OCC(=O)N(C)C)[C@H]1N1CCCCC1. The van der Waals surface area contributed by atoms with E-state index in [1.807, 2.05) is 24.3 Å². The Bertz CT molecular complexity index is 1220. The highest BCUT2D eigenvalue weighted by Crippen LogP contribution is 2.39. The highest BCUT2D eigenvalue weighted by Gasteiger charge is 2.48. The number of carbonyl (C=O) groups excluding carboxylic acids is 3. The number of rotatable bonds is 14. The molecule has 0 aromatic heterocycles. The Morgan fingerprint density at radius 2 is 1.57 bits per heavy atom. The van der Waals surface area contributed by atoms with E-state index in [9.17, 15) is 14.4 Å². The van der Waals surface area contributed by atoms with Crippen molar-refractivity contribution in [3.05, 3.63) is 72.3 Å². The largest absolute Gasteiger partial charge is 0.461 e. The minimum atomic E-state index is -0.375. The topological polar surface area (TPSA) is 85.4 Å². The summed E-state index contributed by atoms with van der Waals surface area (Å²) >= 11 is 0. The van der Waals surface area contributed by atoms with Gasteiger partial charge in [-0.3, -0.25) is 19.3 Å². The minimum absolute atomic E-state index is 0.0299. The monoisotopic (exact) mass is 604 g/mol.